The highest BCUT2D eigenvalue weighted by Gasteiger charge is 2.29. The molecule has 0 unspecified atom stereocenters. The number of aromatic nitrogens is 3. The van der Waals surface area contributed by atoms with Gasteiger partial charge in [0.1, 0.15) is 5.52 Å². The van der Waals surface area contributed by atoms with Crippen molar-refractivity contribution in [1.82, 2.24) is 19.9 Å². The minimum atomic E-state index is -0.0995. The number of piperidine rings is 1. The van der Waals surface area contributed by atoms with E-state index in [1.165, 1.54) is 12.8 Å². The Morgan fingerprint density at radius 3 is 2.67 bits per heavy atom. The van der Waals surface area contributed by atoms with Crippen LogP contribution in [-0.4, -0.2) is 39.6 Å². The molecule has 7 nitrogen and oxygen atoms in total. The fourth-order valence-electron chi connectivity index (χ4n) is 4.30. The number of nitrogens with zero attached hydrogens (tertiary/aromatic N) is 4. The third-order valence-electron chi connectivity index (χ3n) is 5.87. The molecule has 3 heterocycles. The van der Waals surface area contributed by atoms with Crippen molar-refractivity contribution in [3.8, 4) is 0 Å². The Labute approximate surface area is 158 Å². The van der Waals surface area contributed by atoms with Crippen LogP contribution < -0.4 is 15.8 Å². The second kappa shape index (κ2) is 7.66. The normalized spacial score (nSPS) is 18.9. The van der Waals surface area contributed by atoms with Crippen molar-refractivity contribution in [3.05, 3.63) is 28.7 Å². The highest BCUT2D eigenvalue weighted by atomic mass is 16.2. The molecule has 0 radical (unpaired) electrons. The Morgan fingerprint density at radius 1 is 1.22 bits per heavy atom. The molecule has 1 N–H and O–H groups in total. The van der Waals surface area contributed by atoms with Crippen LogP contribution in [0.3, 0.4) is 0 Å². The lowest BCUT2D eigenvalue weighted by Crippen LogP contribution is -2.45. The summed E-state index contributed by atoms with van der Waals surface area (Å²) < 4.78 is 1.68. The average molecular weight is 369 g/mol. The van der Waals surface area contributed by atoms with Crippen LogP contribution in [-0.2, 0) is 11.3 Å². The molecule has 0 spiro atoms. The van der Waals surface area contributed by atoms with Crippen molar-refractivity contribution in [2.45, 2.75) is 58.0 Å². The SMILES string of the molecule is CCn1c(=O)c(N2CCC(C(=O)NC3CCCC3)CC2)nc2cccnc21. The number of amides is 1. The summed E-state index contributed by atoms with van der Waals surface area (Å²) in [7, 11) is 0. The lowest BCUT2D eigenvalue weighted by atomic mass is 9.95. The van der Waals surface area contributed by atoms with E-state index in [9.17, 15) is 9.59 Å². The van der Waals surface area contributed by atoms with Gasteiger partial charge < -0.3 is 10.2 Å². The molecule has 1 saturated heterocycles. The second-order valence-electron chi connectivity index (χ2n) is 7.58. The topological polar surface area (TPSA) is 80.1 Å². The molecule has 27 heavy (non-hydrogen) atoms. The molecule has 2 aromatic rings. The van der Waals surface area contributed by atoms with Gasteiger partial charge in [0.25, 0.3) is 5.56 Å². The number of aryl methyl sites for hydroxylation is 1. The zero-order valence-corrected chi connectivity index (χ0v) is 15.9. The number of hydrogen-bond donors (Lipinski definition) is 1. The van der Waals surface area contributed by atoms with Crippen LogP contribution in [0.15, 0.2) is 23.1 Å². The number of rotatable bonds is 4. The minimum Gasteiger partial charge on any atom is -0.353 e. The molecule has 2 aliphatic rings. The maximum atomic E-state index is 12.9. The molecule has 144 valence electrons. The lowest BCUT2D eigenvalue weighted by molar-refractivity contribution is -0.126. The standard InChI is InChI=1S/C20H27N5O2/c1-2-25-17-16(8-5-11-21-17)23-18(20(25)27)24-12-9-14(10-13-24)19(26)22-15-6-3-4-7-15/h5,8,11,14-15H,2-4,6-7,9-10,12-13H2,1H3,(H,22,26). The first kappa shape index (κ1) is 17.9. The number of fused-ring (bicyclic) bond motifs is 1. The van der Waals surface area contributed by atoms with Gasteiger partial charge in [0.2, 0.25) is 5.91 Å². The molecule has 2 aromatic heterocycles. The third-order valence-corrected chi connectivity index (χ3v) is 5.87. The molecule has 1 aliphatic heterocycles. The first-order valence-electron chi connectivity index (χ1n) is 10.1. The van der Waals surface area contributed by atoms with Gasteiger partial charge in [-0.1, -0.05) is 12.8 Å². The van der Waals surface area contributed by atoms with Crippen LogP contribution >= 0.6 is 0 Å². The van der Waals surface area contributed by atoms with Gasteiger partial charge in [-0.15, -0.1) is 0 Å². The zero-order chi connectivity index (χ0) is 18.8. The first-order chi connectivity index (χ1) is 13.2. The van der Waals surface area contributed by atoms with Crippen molar-refractivity contribution in [3.63, 3.8) is 0 Å². The third kappa shape index (κ3) is 3.55. The molecule has 0 aromatic carbocycles. The van der Waals surface area contributed by atoms with Gasteiger partial charge in [0.15, 0.2) is 11.5 Å². The minimum absolute atomic E-state index is 0.0392. The van der Waals surface area contributed by atoms with Crippen molar-refractivity contribution < 1.29 is 4.79 Å². The van der Waals surface area contributed by atoms with Crippen LogP contribution in [0.4, 0.5) is 5.82 Å². The number of anilines is 1. The van der Waals surface area contributed by atoms with E-state index in [0.29, 0.717) is 37.1 Å². The van der Waals surface area contributed by atoms with Crippen molar-refractivity contribution >= 4 is 22.9 Å². The molecular weight excluding hydrogens is 342 g/mol. The summed E-state index contributed by atoms with van der Waals surface area (Å²) in [6.45, 7) is 3.86. The van der Waals surface area contributed by atoms with E-state index >= 15 is 0 Å². The van der Waals surface area contributed by atoms with Crippen LogP contribution in [0, 0.1) is 5.92 Å². The van der Waals surface area contributed by atoms with Crippen LogP contribution in [0.5, 0.6) is 0 Å². The predicted molar refractivity (Wildman–Crippen MR) is 105 cm³/mol. The molecule has 0 bridgehead atoms. The number of carbonyl (C=O) groups excluding carboxylic acids is 1. The van der Waals surface area contributed by atoms with Crippen LogP contribution in [0.2, 0.25) is 0 Å². The molecule has 2 fully saturated rings. The van der Waals surface area contributed by atoms with Gasteiger partial charge in [0.05, 0.1) is 0 Å². The average Bonchev–Trinajstić information content (AvgIpc) is 3.21. The summed E-state index contributed by atoms with van der Waals surface area (Å²) in [5.74, 6) is 0.701. The van der Waals surface area contributed by atoms with Gasteiger partial charge in [0, 0.05) is 37.8 Å². The molecule has 7 heteroatoms. The second-order valence-corrected chi connectivity index (χ2v) is 7.58. The number of pyridine rings is 1. The van der Waals surface area contributed by atoms with E-state index in [1.54, 1.807) is 10.8 Å². The van der Waals surface area contributed by atoms with Gasteiger partial charge in [-0.2, -0.15) is 0 Å². The molecule has 4 rings (SSSR count). The predicted octanol–water partition coefficient (Wildman–Crippen LogP) is 2.09. The van der Waals surface area contributed by atoms with E-state index in [-0.39, 0.29) is 17.4 Å². The summed E-state index contributed by atoms with van der Waals surface area (Å²) in [5.41, 5.74) is 1.26. The van der Waals surface area contributed by atoms with Crippen molar-refractivity contribution in [2.24, 2.45) is 5.92 Å². The fourth-order valence-corrected chi connectivity index (χ4v) is 4.30. The van der Waals surface area contributed by atoms with Gasteiger partial charge in [-0.25, -0.2) is 9.97 Å². The summed E-state index contributed by atoms with van der Waals surface area (Å²) in [5, 5.41) is 3.21. The number of nitrogens with one attached hydrogen (secondary N) is 1. The molecule has 0 atom stereocenters. The Bertz CT molecular complexity index is 880. The van der Waals surface area contributed by atoms with E-state index < -0.39 is 0 Å². The summed E-state index contributed by atoms with van der Waals surface area (Å²) in [4.78, 5) is 36.3. The van der Waals surface area contributed by atoms with Gasteiger partial charge in [-0.3, -0.25) is 14.2 Å². The van der Waals surface area contributed by atoms with Crippen molar-refractivity contribution in [1.29, 1.82) is 0 Å². The monoisotopic (exact) mass is 369 g/mol. The van der Waals surface area contributed by atoms with E-state index in [2.05, 4.69) is 15.3 Å². The maximum Gasteiger partial charge on any atom is 0.295 e. The Balaban J connectivity index is 1.48. The highest BCUT2D eigenvalue weighted by Crippen LogP contribution is 2.23. The fraction of sp³-hybridized carbons (Fsp3) is 0.600. The summed E-state index contributed by atoms with van der Waals surface area (Å²) >= 11 is 0. The maximum absolute atomic E-state index is 12.9. The molecular formula is C20H27N5O2. The van der Waals surface area contributed by atoms with E-state index in [4.69, 9.17) is 0 Å². The summed E-state index contributed by atoms with van der Waals surface area (Å²) in [6, 6.07) is 4.09. The number of carbonyl (C=O) groups is 1. The van der Waals surface area contributed by atoms with E-state index in [1.807, 2.05) is 24.0 Å². The van der Waals surface area contributed by atoms with Crippen LogP contribution in [0.25, 0.3) is 11.2 Å². The van der Waals surface area contributed by atoms with Crippen molar-refractivity contribution in [2.75, 3.05) is 18.0 Å². The molecule has 1 aliphatic carbocycles. The lowest BCUT2D eigenvalue weighted by Gasteiger charge is -2.32. The van der Waals surface area contributed by atoms with Gasteiger partial charge in [-0.05, 0) is 44.7 Å². The summed E-state index contributed by atoms with van der Waals surface area (Å²) in [6.07, 6.45) is 7.86. The highest BCUT2D eigenvalue weighted by molar-refractivity contribution is 5.79. The van der Waals surface area contributed by atoms with Gasteiger partial charge >= 0.3 is 0 Å². The zero-order valence-electron chi connectivity index (χ0n) is 15.9. The first-order valence-corrected chi connectivity index (χ1v) is 10.1. The van der Waals surface area contributed by atoms with E-state index in [0.717, 1.165) is 31.2 Å². The quantitative estimate of drug-likeness (QED) is 0.893. The van der Waals surface area contributed by atoms with Crippen LogP contribution in [0.1, 0.15) is 45.4 Å². The molecule has 1 amide bonds. The Kier molecular flexibility index (Phi) is 5.09. The smallest absolute Gasteiger partial charge is 0.295 e. The Hall–Kier alpha value is -2.44. The molecule has 1 saturated carbocycles. The number of hydrogen-bond acceptors (Lipinski definition) is 5. The largest absolute Gasteiger partial charge is 0.353 e. The Morgan fingerprint density at radius 2 is 1.96 bits per heavy atom.